The third-order valence-electron chi connectivity index (χ3n) is 7.34. The average Bonchev–Trinajstić information content (AvgIpc) is 2.64. The average molecular weight is 402 g/mol. The second kappa shape index (κ2) is 8.29. The van der Waals surface area contributed by atoms with Gasteiger partial charge >= 0.3 is 0 Å². The van der Waals surface area contributed by atoms with Crippen LogP contribution >= 0.6 is 0 Å². The Kier molecular flexibility index (Phi) is 6.33. The van der Waals surface area contributed by atoms with Crippen LogP contribution in [0, 0.1) is 5.92 Å². The van der Waals surface area contributed by atoms with Crippen molar-refractivity contribution in [2.45, 2.75) is 109 Å². The molecule has 1 aliphatic heterocycles. The van der Waals surface area contributed by atoms with Crippen LogP contribution in [0.4, 0.5) is 0 Å². The second-order valence-corrected chi connectivity index (χ2v) is 10.4. The van der Waals surface area contributed by atoms with Crippen LogP contribution in [0.1, 0.15) is 97.1 Å². The number of hydrogen-bond donors (Lipinski definition) is 2. The van der Waals surface area contributed by atoms with E-state index in [-0.39, 0.29) is 17.4 Å². The van der Waals surface area contributed by atoms with Gasteiger partial charge in [-0.15, -0.1) is 0 Å². The molecule has 0 radical (unpaired) electrons. The van der Waals surface area contributed by atoms with Gasteiger partial charge in [-0.2, -0.15) is 0 Å². The molecule has 2 aliphatic rings. The summed E-state index contributed by atoms with van der Waals surface area (Å²) in [5.41, 5.74) is 0.801. The monoisotopic (exact) mass is 401 g/mol. The molecule has 1 unspecified atom stereocenters. The van der Waals surface area contributed by atoms with E-state index in [0.717, 1.165) is 37.0 Å². The SMILES string of the molecule is CCCCCCC(C)(C)c1ccc2c(c1)OC(C)(C)[C@@H]1CCC(NC=O)C[C@@]21O. The molecular weight excluding hydrogens is 362 g/mol. The van der Waals surface area contributed by atoms with Gasteiger partial charge in [0.2, 0.25) is 6.41 Å². The van der Waals surface area contributed by atoms with Crippen molar-refractivity contribution in [3.63, 3.8) is 0 Å². The molecule has 2 N–H and O–H groups in total. The molecule has 3 atom stereocenters. The predicted molar refractivity (Wildman–Crippen MR) is 117 cm³/mol. The Bertz CT molecular complexity index is 727. The number of rotatable bonds is 8. The van der Waals surface area contributed by atoms with Crippen LogP contribution in [-0.4, -0.2) is 23.2 Å². The number of aliphatic hydroxyl groups is 1. The van der Waals surface area contributed by atoms with Crippen molar-refractivity contribution in [1.29, 1.82) is 0 Å². The summed E-state index contributed by atoms with van der Waals surface area (Å²) in [5.74, 6) is 0.819. The fraction of sp³-hybridized carbons (Fsp3) is 0.720. The van der Waals surface area contributed by atoms with Crippen molar-refractivity contribution < 1.29 is 14.6 Å². The van der Waals surface area contributed by atoms with Crippen LogP contribution in [0.25, 0.3) is 0 Å². The van der Waals surface area contributed by atoms with Gasteiger partial charge in [-0.25, -0.2) is 0 Å². The maximum absolute atomic E-state index is 11.8. The summed E-state index contributed by atoms with van der Waals surface area (Å²) in [6.07, 6.45) is 9.20. The Morgan fingerprint density at radius 3 is 2.69 bits per heavy atom. The maximum atomic E-state index is 11.8. The van der Waals surface area contributed by atoms with E-state index in [1.54, 1.807) is 0 Å². The van der Waals surface area contributed by atoms with Gasteiger partial charge in [0.05, 0.1) is 0 Å². The van der Waals surface area contributed by atoms with Crippen LogP contribution < -0.4 is 10.1 Å². The summed E-state index contributed by atoms with van der Waals surface area (Å²) < 4.78 is 6.48. The number of benzene rings is 1. The molecule has 29 heavy (non-hydrogen) atoms. The molecule has 4 nitrogen and oxygen atoms in total. The Morgan fingerprint density at radius 1 is 1.24 bits per heavy atom. The molecule has 3 rings (SSSR count). The highest BCUT2D eigenvalue weighted by molar-refractivity contribution is 5.49. The van der Waals surface area contributed by atoms with E-state index in [2.05, 4.69) is 58.1 Å². The van der Waals surface area contributed by atoms with Crippen molar-refractivity contribution in [2.24, 2.45) is 5.92 Å². The molecule has 0 spiro atoms. The first-order valence-corrected chi connectivity index (χ1v) is 11.4. The molecule has 0 bridgehead atoms. The summed E-state index contributed by atoms with van der Waals surface area (Å²) in [6, 6.07) is 6.41. The Hall–Kier alpha value is -1.55. The number of amides is 1. The summed E-state index contributed by atoms with van der Waals surface area (Å²) in [5, 5.41) is 14.7. The van der Waals surface area contributed by atoms with Gasteiger partial charge in [-0.05, 0) is 50.2 Å². The maximum Gasteiger partial charge on any atom is 0.207 e. The molecule has 0 saturated heterocycles. The van der Waals surface area contributed by atoms with E-state index >= 15 is 0 Å². The third kappa shape index (κ3) is 4.33. The van der Waals surface area contributed by atoms with Crippen LogP contribution in [0.3, 0.4) is 0 Å². The minimum atomic E-state index is -0.972. The van der Waals surface area contributed by atoms with Crippen LogP contribution in [0.15, 0.2) is 18.2 Å². The Morgan fingerprint density at radius 2 is 2.00 bits per heavy atom. The zero-order valence-electron chi connectivity index (χ0n) is 18.9. The summed E-state index contributed by atoms with van der Waals surface area (Å²) in [4.78, 5) is 11.0. The summed E-state index contributed by atoms with van der Waals surface area (Å²) in [6.45, 7) is 11.0. The topological polar surface area (TPSA) is 58.6 Å². The highest BCUT2D eigenvalue weighted by Gasteiger charge is 2.55. The number of carbonyl (C=O) groups is 1. The Labute approximate surface area is 176 Å². The quantitative estimate of drug-likeness (QED) is 0.464. The highest BCUT2D eigenvalue weighted by Crippen LogP contribution is 2.54. The lowest BCUT2D eigenvalue weighted by molar-refractivity contribution is -0.152. The van der Waals surface area contributed by atoms with Crippen LogP contribution in [0.2, 0.25) is 0 Å². The van der Waals surface area contributed by atoms with Gasteiger partial charge in [0, 0.05) is 23.9 Å². The minimum absolute atomic E-state index is 0.00480. The molecule has 1 saturated carbocycles. The zero-order valence-corrected chi connectivity index (χ0v) is 18.9. The van der Waals surface area contributed by atoms with E-state index < -0.39 is 11.2 Å². The fourth-order valence-electron chi connectivity index (χ4n) is 5.56. The normalized spacial score (nSPS) is 28.1. The lowest BCUT2D eigenvalue weighted by Gasteiger charge is -2.54. The first kappa shape index (κ1) is 22.1. The molecule has 4 heteroatoms. The van der Waals surface area contributed by atoms with E-state index in [9.17, 15) is 9.90 Å². The fourth-order valence-corrected chi connectivity index (χ4v) is 5.56. The number of carbonyl (C=O) groups excluding carboxylic acids is 1. The van der Waals surface area contributed by atoms with Gasteiger partial charge in [0.25, 0.3) is 0 Å². The standard InChI is InChI=1S/C25H39NO3/c1-6-7-8-9-14-23(2,3)18-10-12-20-21(15-18)29-24(4,5)22-13-11-19(26-17-27)16-25(20,22)28/h10,12,15,17,19,22,28H,6-9,11,13-14,16H2,1-5H3,(H,26,27)/t19?,22-,25+/m0/s1. The number of unbranched alkanes of at least 4 members (excludes halogenated alkanes) is 3. The van der Waals surface area contributed by atoms with Gasteiger partial charge < -0.3 is 15.2 Å². The van der Waals surface area contributed by atoms with E-state index in [4.69, 9.17) is 4.74 Å². The predicted octanol–water partition coefficient (Wildman–Crippen LogP) is 5.21. The van der Waals surface area contributed by atoms with E-state index in [0.29, 0.717) is 6.42 Å². The van der Waals surface area contributed by atoms with Gasteiger partial charge in [0.15, 0.2) is 0 Å². The van der Waals surface area contributed by atoms with Crippen LogP contribution in [0.5, 0.6) is 5.75 Å². The number of fused-ring (bicyclic) bond motifs is 3. The van der Waals surface area contributed by atoms with Crippen molar-refractivity contribution in [3.05, 3.63) is 29.3 Å². The molecule has 1 aromatic rings. The van der Waals surface area contributed by atoms with Crippen molar-refractivity contribution >= 4 is 6.41 Å². The smallest absolute Gasteiger partial charge is 0.207 e. The minimum Gasteiger partial charge on any atom is -0.487 e. The molecule has 0 aromatic heterocycles. The molecule has 1 fully saturated rings. The lowest BCUT2D eigenvalue weighted by atomic mass is 9.62. The van der Waals surface area contributed by atoms with Gasteiger partial charge in [-0.3, -0.25) is 4.79 Å². The number of nitrogens with one attached hydrogen (secondary N) is 1. The molecule has 1 heterocycles. The Balaban J connectivity index is 1.90. The largest absolute Gasteiger partial charge is 0.487 e. The second-order valence-electron chi connectivity index (χ2n) is 10.4. The molecule has 1 amide bonds. The van der Waals surface area contributed by atoms with E-state index in [1.165, 1.54) is 31.2 Å². The van der Waals surface area contributed by atoms with Crippen molar-refractivity contribution in [1.82, 2.24) is 5.32 Å². The summed E-state index contributed by atoms with van der Waals surface area (Å²) in [7, 11) is 0. The molecular formula is C25H39NO3. The lowest BCUT2D eigenvalue weighted by Crippen LogP contribution is -2.58. The van der Waals surface area contributed by atoms with Crippen LogP contribution in [-0.2, 0) is 15.8 Å². The van der Waals surface area contributed by atoms with Crippen molar-refractivity contribution in [3.8, 4) is 5.75 Å². The zero-order chi connectivity index (χ0) is 21.3. The third-order valence-corrected chi connectivity index (χ3v) is 7.34. The molecule has 1 aromatic carbocycles. The number of ether oxygens (including phenoxy) is 1. The van der Waals surface area contributed by atoms with Crippen molar-refractivity contribution in [2.75, 3.05) is 0 Å². The highest BCUT2D eigenvalue weighted by atomic mass is 16.5. The van der Waals surface area contributed by atoms with E-state index in [1.807, 2.05) is 0 Å². The first-order valence-electron chi connectivity index (χ1n) is 11.4. The van der Waals surface area contributed by atoms with Gasteiger partial charge in [0.1, 0.15) is 17.0 Å². The first-order chi connectivity index (χ1) is 13.6. The van der Waals surface area contributed by atoms with Gasteiger partial charge in [-0.1, -0.05) is 58.6 Å². The number of hydrogen-bond acceptors (Lipinski definition) is 3. The molecule has 1 aliphatic carbocycles. The molecule has 162 valence electrons. The summed E-state index contributed by atoms with van der Waals surface area (Å²) >= 11 is 0.